The van der Waals surface area contributed by atoms with Crippen molar-refractivity contribution in [3.8, 4) is 5.75 Å². The minimum absolute atomic E-state index is 0.0311. The molecule has 0 aliphatic rings. The number of nitrogens with one attached hydrogen (secondary N) is 2. The summed E-state index contributed by atoms with van der Waals surface area (Å²) < 4.78 is 44.6. The van der Waals surface area contributed by atoms with E-state index < -0.39 is 33.8 Å². The Labute approximate surface area is 191 Å². The standard InChI is InChI=1S/C22H26FN3O6S/c1-15(27)17-6-12-20(13-7-17)33(30,31)26(3)14-4-5-21(28)24-25-22(29)16(2)32-19-10-8-18(23)9-11-19/h6-13,16H,4-5,14H2,1-3H3,(H,24,28)(H,25,29)/t16-/m0/s1. The van der Waals surface area contributed by atoms with Crippen molar-refractivity contribution in [2.24, 2.45) is 0 Å². The van der Waals surface area contributed by atoms with Crippen molar-refractivity contribution in [3.63, 3.8) is 0 Å². The number of halogens is 1. The van der Waals surface area contributed by atoms with Gasteiger partial charge in [-0.15, -0.1) is 0 Å². The number of hydrogen-bond donors (Lipinski definition) is 2. The third-order valence-corrected chi connectivity index (χ3v) is 6.54. The van der Waals surface area contributed by atoms with Gasteiger partial charge in [-0.2, -0.15) is 0 Å². The summed E-state index contributed by atoms with van der Waals surface area (Å²) in [5, 5.41) is 0. The molecular formula is C22H26FN3O6S. The van der Waals surface area contributed by atoms with Crippen LogP contribution in [0.2, 0.25) is 0 Å². The smallest absolute Gasteiger partial charge is 0.279 e. The first kappa shape index (κ1) is 25.9. The summed E-state index contributed by atoms with van der Waals surface area (Å²) in [4.78, 5) is 35.4. The van der Waals surface area contributed by atoms with E-state index in [1.165, 1.54) is 69.4 Å². The maximum Gasteiger partial charge on any atom is 0.279 e. The van der Waals surface area contributed by atoms with Gasteiger partial charge in [0.05, 0.1) is 4.90 Å². The van der Waals surface area contributed by atoms with Crippen molar-refractivity contribution in [1.82, 2.24) is 15.2 Å². The summed E-state index contributed by atoms with van der Waals surface area (Å²) in [6, 6.07) is 10.7. The maximum atomic E-state index is 12.9. The van der Waals surface area contributed by atoms with Gasteiger partial charge in [-0.25, -0.2) is 17.1 Å². The third-order valence-electron chi connectivity index (χ3n) is 4.67. The van der Waals surface area contributed by atoms with E-state index in [2.05, 4.69) is 10.9 Å². The van der Waals surface area contributed by atoms with Crippen molar-refractivity contribution in [2.45, 2.75) is 37.7 Å². The van der Waals surface area contributed by atoms with Crippen LogP contribution in [0, 0.1) is 5.82 Å². The molecule has 2 N–H and O–H groups in total. The zero-order valence-electron chi connectivity index (χ0n) is 18.5. The fourth-order valence-corrected chi connectivity index (χ4v) is 3.90. The predicted molar refractivity (Wildman–Crippen MR) is 118 cm³/mol. The third kappa shape index (κ3) is 7.65. The van der Waals surface area contributed by atoms with Crippen LogP contribution < -0.4 is 15.6 Å². The molecule has 0 heterocycles. The van der Waals surface area contributed by atoms with Gasteiger partial charge >= 0.3 is 0 Å². The Morgan fingerprint density at radius 1 is 1.03 bits per heavy atom. The number of sulfonamides is 1. The first-order valence-electron chi connectivity index (χ1n) is 10.1. The van der Waals surface area contributed by atoms with Gasteiger partial charge in [0.15, 0.2) is 11.9 Å². The lowest BCUT2D eigenvalue weighted by Crippen LogP contribution is -2.47. The van der Waals surface area contributed by atoms with Gasteiger partial charge in [0, 0.05) is 25.6 Å². The van der Waals surface area contributed by atoms with E-state index in [1.54, 1.807) is 0 Å². The number of carbonyl (C=O) groups excluding carboxylic acids is 3. The Bertz CT molecular complexity index is 1090. The number of hydrogen-bond acceptors (Lipinski definition) is 6. The molecule has 9 nitrogen and oxygen atoms in total. The van der Waals surface area contributed by atoms with E-state index in [0.29, 0.717) is 11.3 Å². The molecule has 0 aliphatic carbocycles. The molecule has 2 rings (SSSR count). The first-order chi connectivity index (χ1) is 15.5. The van der Waals surface area contributed by atoms with Crippen LogP contribution in [-0.4, -0.2) is 50.0 Å². The van der Waals surface area contributed by atoms with Crippen molar-refractivity contribution in [2.75, 3.05) is 13.6 Å². The van der Waals surface area contributed by atoms with Crippen LogP contribution in [0.25, 0.3) is 0 Å². The van der Waals surface area contributed by atoms with Gasteiger partial charge in [0.25, 0.3) is 5.91 Å². The molecule has 0 spiro atoms. The van der Waals surface area contributed by atoms with Crippen molar-refractivity contribution >= 4 is 27.6 Å². The number of ether oxygens (including phenoxy) is 1. The molecule has 0 aromatic heterocycles. The molecular weight excluding hydrogens is 453 g/mol. The average Bonchev–Trinajstić information content (AvgIpc) is 2.78. The number of amides is 2. The fourth-order valence-electron chi connectivity index (χ4n) is 2.69. The Kier molecular flexibility index (Phi) is 9.06. The van der Waals surface area contributed by atoms with E-state index in [-0.39, 0.29) is 30.1 Å². The molecule has 0 aliphatic heterocycles. The van der Waals surface area contributed by atoms with Gasteiger partial charge in [-0.1, -0.05) is 12.1 Å². The van der Waals surface area contributed by atoms with E-state index in [4.69, 9.17) is 4.74 Å². The SMILES string of the molecule is CC(=O)c1ccc(S(=O)(=O)N(C)CCCC(=O)NNC(=O)[C@H](C)Oc2ccc(F)cc2)cc1. The van der Waals surface area contributed by atoms with Crippen LogP contribution in [0.1, 0.15) is 37.0 Å². The lowest BCUT2D eigenvalue weighted by molar-refractivity contribution is -0.132. The number of hydrazine groups is 1. The maximum absolute atomic E-state index is 12.9. The summed E-state index contributed by atoms with van der Waals surface area (Å²) in [5.74, 6) is -1.42. The number of carbonyl (C=O) groups is 3. The fraction of sp³-hybridized carbons (Fsp3) is 0.318. The molecule has 33 heavy (non-hydrogen) atoms. The van der Waals surface area contributed by atoms with E-state index >= 15 is 0 Å². The normalized spacial score (nSPS) is 12.2. The number of benzene rings is 2. The summed E-state index contributed by atoms with van der Waals surface area (Å²) in [6.45, 7) is 2.93. The second-order valence-corrected chi connectivity index (χ2v) is 9.31. The molecule has 2 amide bonds. The lowest BCUT2D eigenvalue weighted by atomic mass is 10.2. The highest BCUT2D eigenvalue weighted by molar-refractivity contribution is 7.89. The summed E-state index contributed by atoms with van der Waals surface area (Å²) in [5.41, 5.74) is 4.88. The lowest BCUT2D eigenvalue weighted by Gasteiger charge is -2.17. The quantitative estimate of drug-likeness (QED) is 0.397. The van der Waals surface area contributed by atoms with Crippen LogP contribution >= 0.6 is 0 Å². The molecule has 11 heteroatoms. The number of ketones is 1. The molecule has 2 aromatic rings. The molecule has 0 saturated carbocycles. The minimum Gasteiger partial charge on any atom is -0.481 e. The molecule has 0 bridgehead atoms. The predicted octanol–water partition coefficient (Wildman–Crippen LogP) is 2.04. The van der Waals surface area contributed by atoms with E-state index in [0.717, 1.165) is 4.31 Å². The van der Waals surface area contributed by atoms with E-state index in [1.807, 2.05) is 0 Å². The molecule has 1 atom stereocenters. The Balaban J connectivity index is 1.75. The summed E-state index contributed by atoms with van der Waals surface area (Å²) >= 11 is 0. The second kappa shape index (κ2) is 11.5. The monoisotopic (exact) mass is 479 g/mol. The van der Waals surface area contributed by atoms with Gasteiger partial charge in [0.1, 0.15) is 11.6 Å². The number of nitrogens with zero attached hydrogens (tertiary/aromatic N) is 1. The van der Waals surface area contributed by atoms with Crippen LogP contribution in [0.15, 0.2) is 53.4 Å². The van der Waals surface area contributed by atoms with Crippen molar-refractivity contribution < 1.29 is 31.9 Å². The summed E-state index contributed by atoms with van der Waals surface area (Å²) in [7, 11) is -2.38. The van der Waals surface area contributed by atoms with Crippen molar-refractivity contribution in [3.05, 3.63) is 59.9 Å². The Morgan fingerprint density at radius 2 is 1.64 bits per heavy atom. The molecule has 0 fully saturated rings. The molecule has 0 unspecified atom stereocenters. The largest absolute Gasteiger partial charge is 0.481 e. The molecule has 2 aromatic carbocycles. The Hall–Kier alpha value is -3.31. The van der Waals surface area contributed by atoms with Gasteiger partial charge in [-0.05, 0) is 56.7 Å². The van der Waals surface area contributed by atoms with Gasteiger partial charge < -0.3 is 4.74 Å². The van der Waals surface area contributed by atoms with Crippen LogP contribution in [0.3, 0.4) is 0 Å². The highest BCUT2D eigenvalue weighted by Crippen LogP contribution is 2.16. The number of Topliss-reactive ketones (excluding diaryl/α,β-unsaturated/α-hetero) is 1. The van der Waals surface area contributed by atoms with Gasteiger partial charge in [0.2, 0.25) is 15.9 Å². The minimum atomic E-state index is -3.77. The van der Waals surface area contributed by atoms with Crippen LogP contribution in [0.4, 0.5) is 4.39 Å². The Morgan fingerprint density at radius 3 is 2.21 bits per heavy atom. The zero-order chi connectivity index (χ0) is 24.6. The van der Waals surface area contributed by atoms with Gasteiger partial charge in [-0.3, -0.25) is 25.2 Å². The second-order valence-electron chi connectivity index (χ2n) is 7.26. The highest BCUT2D eigenvalue weighted by atomic mass is 32.2. The topological polar surface area (TPSA) is 122 Å². The number of rotatable bonds is 10. The van der Waals surface area contributed by atoms with Crippen LogP contribution in [0.5, 0.6) is 5.75 Å². The molecule has 178 valence electrons. The van der Waals surface area contributed by atoms with E-state index in [9.17, 15) is 27.2 Å². The molecule has 0 saturated heterocycles. The average molecular weight is 480 g/mol. The highest BCUT2D eigenvalue weighted by Gasteiger charge is 2.21. The van der Waals surface area contributed by atoms with Crippen LogP contribution in [-0.2, 0) is 19.6 Å². The molecule has 0 radical (unpaired) electrons. The zero-order valence-corrected chi connectivity index (χ0v) is 19.3. The first-order valence-corrected chi connectivity index (χ1v) is 11.5. The van der Waals surface area contributed by atoms with Crippen molar-refractivity contribution in [1.29, 1.82) is 0 Å². The summed E-state index contributed by atoms with van der Waals surface area (Å²) in [6.07, 6.45) is -0.761.